The third kappa shape index (κ3) is 7.89. The van der Waals surface area contributed by atoms with Gasteiger partial charge in [-0.05, 0) is 43.9 Å². The van der Waals surface area contributed by atoms with Crippen molar-refractivity contribution in [2.75, 3.05) is 39.9 Å². The van der Waals surface area contributed by atoms with Crippen LogP contribution in [0.5, 0.6) is 0 Å². The summed E-state index contributed by atoms with van der Waals surface area (Å²) in [7, 11) is 2.09. The largest absolute Gasteiger partial charge is 0.381 e. The van der Waals surface area contributed by atoms with E-state index in [9.17, 15) is 0 Å². The van der Waals surface area contributed by atoms with Gasteiger partial charge in [-0.2, -0.15) is 0 Å². The fourth-order valence-corrected chi connectivity index (χ4v) is 3.35. The molecule has 1 heterocycles. The van der Waals surface area contributed by atoms with E-state index in [1.54, 1.807) is 6.07 Å². The summed E-state index contributed by atoms with van der Waals surface area (Å²) >= 11 is 12.1. The SMILES string of the molecule is CCNC(=NCCCc1ccc(Cl)cc1Cl)N(C)CC1CCOC1.I. The first kappa shape index (κ1) is 22.8. The molecule has 0 aromatic heterocycles. The standard InChI is InChI=1S/C18H27Cl2N3O.HI/c1-3-21-18(23(2)12-14-8-10-24-13-14)22-9-4-5-15-6-7-16(19)11-17(15)20;/h6-7,11,14H,3-5,8-10,12-13H2,1-2H3,(H,21,22);1H. The number of guanidine groups is 1. The molecule has 0 spiro atoms. The number of benzene rings is 1. The number of nitrogens with zero attached hydrogens (tertiary/aromatic N) is 2. The number of ether oxygens (including phenoxy) is 1. The van der Waals surface area contributed by atoms with Crippen molar-refractivity contribution < 1.29 is 4.74 Å². The van der Waals surface area contributed by atoms with E-state index in [1.165, 1.54) is 0 Å². The van der Waals surface area contributed by atoms with Gasteiger partial charge in [0.15, 0.2) is 5.96 Å². The maximum absolute atomic E-state index is 6.21. The molecule has 0 amide bonds. The van der Waals surface area contributed by atoms with Crippen LogP contribution in [-0.4, -0.2) is 50.8 Å². The highest BCUT2D eigenvalue weighted by atomic mass is 127. The molecule has 142 valence electrons. The zero-order valence-electron chi connectivity index (χ0n) is 14.9. The smallest absolute Gasteiger partial charge is 0.193 e. The van der Waals surface area contributed by atoms with Crippen LogP contribution in [0.1, 0.15) is 25.3 Å². The Hall–Kier alpha value is -0.240. The minimum absolute atomic E-state index is 0. The summed E-state index contributed by atoms with van der Waals surface area (Å²) in [5, 5.41) is 4.77. The molecule has 1 aromatic carbocycles. The van der Waals surface area contributed by atoms with E-state index in [4.69, 9.17) is 32.9 Å². The van der Waals surface area contributed by atoms with Gasteiger partial charge >= 0.3 is 0 Å². The van der Waals surface area contributed by atoms with Crippen LogP contribution in [0.4, 0.5) is 0 Å². The molecule has 1 aromatic rings. The summed E-state index contributed by atoms with van der Waals surface area (Å²) in [6, 6.07) is 5.67. The molecule has 1 unspecified atom stereocenters. The van der Waals surface area contributed by atoms with Crippen LogP contribution < -0.4 is 5.32 Å². The fraction of sp³-hybridized carbons (Fsp3) is 0.611. The highest BCUT2D eigenvalue weighted by Gasteiger charge is 2.18. The van der Waals surface area contributed by atoms with Crippen molar-refractivity contribution >= 4 is 53.1 Å². The number of nitrogens with one attached hydrogen (secondary N) is 1. The Kier molecular flexibility index (Phi) is 11.1. The van der Waals surface area contributed by atoms with Crippen molar-refractivity contribution in [1.29, 1.82) is 0 Å². The Morgan fingerprint density at radius 1 is 1.40 bits per heavy atom. The summed E-state index contributed by atoms with van der Waals surface area (Å²) in [6.07, 6.45) is 2.99. The van der Waals surface area contributed by atoms with Crippen LogP contribution in [0.3, 0.4) is 0 Å². The van der Waals surface area contributed by atoms with E-state index in [1.807, 2.05) is 12.1 Å². The van der Waals surface area contributed by atoms with Crippen molar-refractivity contribution in [1.82, 2.24) is 10.2 Å². The molecule has 0 bridgehead atoms. The van der Waals surface area contributed by atoms with Crippen molar-refractivity contribution in [2.24, 2.45) is 10.9 Å². The Labute approximate surface area is 178 Å². The highest BCUT2D eigenvalue weighted by molar-refractivity contribution is 14.0. The first-order valence-corrected chi connectivity index (χ1v) is 9.37. The number of rotatable bonds is 7. The predicted molar refractivity (Wildman–Crippen MR) is 118 cm³/mol. The molecule has 0 saturated carbocycles. The lowest BCUT2D eigenvalue weighted by atomic mass is 10.1. The van der Waals surface area contributed by atoms with Gasteiger partial charge in [0.1, 0.15) is 0 Å². The van der Waals surface area contributed by atoms with Crippen LogP contribution >= 0.6 is 47.2 Å². The molecule has 1 fully saturated rings. The number of halogens is 3. The minimum Gasteiger partial charge on any atom is -0.381 e. The van der Waals surface area contributed by atoms with Gasteiger partial charge in [-0.15, -0.1) is 24.0 Å². The van der Waals surface area contributed by atoms with Gasteiger partial charge in [-0.1, -0.05) is 29.3 Å². The molecule has 2 rings (SSSR count). The van der Waals surface area contributed by atoms with Crippen molar-refractivity contribution in [3.8, 4) is 0 Å². The van der Waals surface area contributed by atoms with E-state index in [0.29, 0.717) is 10.9 Å². The molecule has 1 N–H and O–H groups in total. The Morgan fingerprint density at radius 3 is 2.84 bits per heavy atom. The minimum atomic E-state index is 0. The molecule has 4 nitrogen and oxygen atoms in total. The van der Waals surface area contributed by atoms with Crippen LogP contribution in [0.25, 0.3) is 0 Å². The van der Waals surface area contributed by atoms with E-state index >= 15 is 0 Å². The van der Waals surface area contributed by atoms with E-state index in [-0.39, 0.29) is 24.0 Å². The summed E-state index contributed by atoms with van der Waals surface area (Å²) < 4.78 is 5.46. The molecule has 0 radical (unpaired) electrons. The number of aliphatic imine (C=N–C) groups is 1. The Bertz CT molecular complexity index is 551. The molecule has 1 atom stereocenters. The summed E-state index contributed by atoms with van der Waals surface area (Å²) in [4.78, 5) is 6.95. The van der Waals surface area contributed by atoms with Gasteiger partial charge < -0.3 is 15.0 Å². The molecule has 0 aliphatic carbocycles. The second-order valence-corrected chi connectivity index (χ2v) is 7.03. The third-order valence-corrected chi connectivity index (χ3v) is 4.72. The molecule has 1 aliphatic heterocycles. The van der Waals surface area contributed by atoms with Crippen LogP contribution in [0.2, 0.25) is 10.0 Å². The van der Waals surface area contributed by atoms with Gasteiger partial charge in [0.2, 0.25) is 0 Å². The van der Waals surface area contributed by atoms with E-state index in [2.05, 4.69) is 24.2 Å². The predicted octanol–water partition coefficient (Wildman–Crippen LogP) is 4.48. The molecule has 1 saturated heterocycles. The van der Waals surface area contributed by atoms with Crippen molar-refractivity contribution in [3.05, 3.63) is 33.8 Å². The lowest BCUT2D eigenvalue weighted by Crippen LogP contribution is -2.41. The summed E-state index contributed by atoms with van der Waals surface area (Å²) in [5.74, 6) is 1.57. The fourth-order valence-electron chi connectivity index (χ4n) is 2.85. The zero-order valence-corrected chi connectivity index (χ0v) is 18.8. The molecule has 1 aliphatic rings. The van der Waals surface area contributed by atoms with Crippen molar-refractivity contribution in [2.45, 2.75) is 26.2 Å². The van der Waals surface area contributed by atoms with E-state index in [0.717, 1.165) is 68.7 Å². The number of hydrogen-bond acceptors (Lipinski definition) is 2. The normalized spacial score (nSPS) is 17.3. The van der Waals surface area contributed by atoms with Gasteiger partial charge in [-0.3, -0.25) is 4.99 Å². The average molecular weight is 500 g/mol. The topological polar surface area (TPSA) is 36.9 Å². The number of aryl methyl sites for hydroxylation is 1. The first-order chi connectivity index (χ1) is 11.6. The third-order valence-electron chi connectivity index (χ3n) is 4.13. The van der Waals surface area contributed by atoms with E-state index < -0.39 is 0 Å². The molecule has 25 heavy (non-hydrogen) atoms. The quantitative estimate of drug-likeness (QED) is 0.260. The summed E-state index contributed by atoms with van der Waals surface area (Å²) in [6.45, 7) is 6.46. The van der Waals surface area contributed by atoms with Gasteiger partial charge in [0.25, 0.3) is 0 Å². The van der Waals surface area contributed by atoms with Crippen molar-refractivity contribution in [3.63, 3.8) is 0 Å². The maximum Gasteiger partial charge on any atom is 0.193 e. The monoisotopic (exact) mass is 499 g/mol. The zero-order chi connectivity index (χ0) is 17.4. The second kappa shape index (κ2) is 12.2. The van der Waals surface area contributed by atoms with Gasteiger partial charge in [-0.25, -0.2) is 0 Å². The highest BCUT2D eigenvalue weighted by Crippen LogP contribution is 2.22. The average Bonchev–Trinajstić information content (AvgIpc) is 3.05. The first-order valence-electron chi connectivity index (χ1n) is 8.61. The molecule has 7 heteroatoms. The maximum atomic E-state index is 6.21. The molecular weight excluding hydrogens is 472 g/mol. The second-order valence-electron chi connectivity index (χ2n) is 6.19. The lowest BCUT2D eigenvalue weighted by Gasteiger charge is -2.24. The van der Waals surface area contributed by atoms with Gasteiger partial charge in [0, 0.05) is 49.3 Å². The van der Waals surface area contributed by atoms with Crippen LogP contribution in [0.15, 0.2) is 23.2 Å². The lowest BCUT2D eigenvalue weighted by molar-refractivity contribution is 0.181. The molecular formula is C18H28Cl2IN3O. The van der Waals surface area contributed by atoms with Gasteiger partial charge in [0.05, 0.1) is 6.61 Å². The Balaban J connectivity index is 0.00000312. The van der Waals surface area contributed by atoms with Crippen LogP contribution in [0, 0.1) is 5.92 Å². The number of hydrogen-bond donors (Lipinski definition) is 1. The Morgan fingerprint density at radius 2 is 2.20 bits per heavy atom. The van der Waals surface area contributed by atoms with Crippen LogP contribution in [-0.2, 0) is 11.2 Å². The summed E-state index contributed by atoms with van der Waals surface area (Å²) in [5.41, 5.74) is 1.12.